The third-order valence-electron chi connectivity index (χ3n) is 5.31. The van der Waals surface area contributed by atoms with Crippen molar-refractivity contribution in [2.45, 2.75) is 19.0 Å². The molecule has 2 heterocycles. The van der Waals surface area contributed by atoms with Gasteiger partial charge in [0.2, 0.25) is 0 Å². The molecule has 2 atom stereocenters. The third-order valence-corrected chi connectivity index (χ3v) is 5.31. The summed E-state index contributed by atoms with van der Waals surface area (Å²) in [4.78, 5) is 8.65. The molecule has 0 saturated carbocycles. The fraction of sp³-hybridized carbons (Fsp3) is 0.125. The maximum absolute atomic E-state index is 5.16. The van der Waals surface area contributed by atoms with Crippen LogP contribution in [0.4, 0.5) is 0 Å². The van der Waals surface area contributed by atoms with Gasteiger partial charge in [0, 0.05) is 22.2 Å². The normalized spacial score (nSPS) is 19.1. The second-order valence-electron chi connectivity index (χ2n) is 7.04. The summed E-state index contributed by atoms with van der Waals surface area (Å²) >= 11 is 0. The summed E-state index contributed by atoms with van der Waals surface area (Å²) in [6.45, 7) is 2.12. The molecule has 27 heavy (non-hydrogen) atoms. The lowest BCUT2D eigenvalue weighted by atomic mass is 9.95. The fourth-order valence-corrected chi connectivity index (χ4v) is 4.04. The van der Waals surface area contributed by atoms with Gasteiger partial charge in [0.1, 0.15) is 11.9 Å². The van der Waals surface area contributed by atoms with E-state index >= 15 is 0 Å². The molecule has 0 spiro atoms. The molecule has 0 fully saturated rings. The molecule has 1 aliphatic rings. The van der Waals surface area contributed by atoms with Crippen LogP contribution < -0.4 is 5.32 Å². The Labute approximate surface area is 158 Å². The SMILES string of the molecule is Cc1[nH]c2ccccc2c1C1=NC(c2ccccc2)C(c2ccccc2)N1. The molecular formula is C24H21N3. The quantitative estimate of drug-likeness (QED) is 0.516. The fourth-order valence-electron chi connectivity index (χ4n) is 4.04. The largest absolute Gasteiger partial charge is 0.360 e. The number of nitrogens with one attached hydrogen (secondary N) is 2. The summed E-state index contributed by atoms with van der Waals surface area (Å²) in [5, 5.41) is 4.93. The number of amidine groups is 1. The number of aliphatic imine (C=N–C) groups is 1. The first-order valence-corrected chi connectivity index (χ1v) is 9.33. The zero-order chi connectivity index (χ0) is 18.2. The van der Waals surface area contributed by atoms with Gasteiger partial charge in [0.25, 0.3) is 0 Å². The molecule has 0 bridgehead atoms. The number of hydrogen-bond acceptors (Lipinski definition) is 2. The lowest BCUT2D eigenvalue weighted by molar-refractivity contribution is 0.572. The maximum Gasteiger partial charge on any atom is 0.132 e. The Balaban J connectivity index is 1.64. The van der Waals surface area contributed by atoms with Crippen LogP contribution >= 0.6 is 0 Å². The Morgan fingerprint density at radius 1 is 0.741 bits per heavy atom. The van der Waals surface area contributed by atoms with Gasteiger partial charge in [-0.1, -0.05) is 78.9 Å². The molecule has 0 amide bonds. The van der Waals surface area contributed by atoms with Gasteiger partial charge in [0.05, 0.1) is 6.04 Å². The Morgan fingerprint density at radius 3 is 2.11 bits per heavy atom. The van der Waals surface area contributed by atoms with Crippen molar-refractivity contribution in [1.29, 1.82) is 0 Å². The van der Waals surface area contributed by atoms with Gasteiger partial charge < -0.3 is 10.3 Å². The van der Waals surface area contributed by atoms with Crippen molar-refractivity contribution < 1.29 is 0 Å². The van der Waals surface area contributed by atoms with Gasteiger partial charge in [-0.3, -0.25) is 4.99 Å². The Bertz CT molecular complexity index is 1110. The molecule has 132 valence electrons. The predicted molar refractivity (Wildman–Crippen MR) is 111 cm³/mol. The lowest BCUT2D eigenvalue weighted by Crippen LogP contribution is -2.25. The molecule has 0 aliphatic carbocycles. The van der Waals surface area contributed by atoms with Crippen LogP contribution in [0.25, 0.3) is 10.9 Å². The highest BCUT2D eigenvalue weighted by molar-refractivity contribution is 6.11. The molecule has 3 nitrogen and oxygen atoms in total. The molecule has 0 saturated heterocycles. The minimum atomic E-state index is 0.0525. The van der Waals surface area contributed by atoms with E-state index in [2.05, 4.69) is 102 Å². The molecule has 4 aromatic rings. The summed E-state index contributed by atoms with van der Waals surface area (Å²) in [5.41, 5.74) is 5.94. The van der Waals surface area contributed by atoms with E-state index in [4.69, 9.17) is 4.99 Å². The van der Waals surface area contributed by atoms with Crippen LogP contribution in [0.2, 0.25) is 0 Å². The molecule has 2 N–H and O–H groups in total. The summed E-state index contributed by atoms with van der Waals surface area (Å²) in [6.07, 6.45) is 0. The zero-order valence-electron chi connectivity index (χ0n) is 15.2. The number of hydrogen-bond donors (Lipinski definition) is 2. The second kappa shape index (κ2) is 6.44. The third kappa shape index (κ3) is 2.72. The standard InChI is InChI=1S/C24H21N3/c1-16-21(19-14-8-9-15-20(19)25-16)24-26-22(17-10-4-2-5-11-17)23(27-24)18-12-6-3-7-13-18/h2-15,22-23,25H,1H3,(H,26,27). The lowest BCUT2D eigenvalue weighted by Gasteiger charge is -2.19. The van der Waals surface area contributed by atoms with Crippen LogP contribution in [0, 0.1) is 6.92 Å². The Hall–Kier alpha value is -3.33. The predicted octanol–water partition coefficient (Wildman–Crippen LogP) is 5.31. The van der Waals surface area contributed by atoms with E-state index in [-0.39, 0.29) is 12.1 Å². The summed E-state index contributed by atoms with van der Waals surface area (Å²) in [6, 6.07) is 29.7. The molecule has 0 radical (unpaired) electrons. The second-order valence-corrected chi connectivity index (χ2v) is 7.04. The van der Waals surface area contributed by atoms with E-state index in [1.54, 1.807) is 0 Å². The van der Waals surface area contributed by atoms with E-state index < -0.39 is 0 Å². The van der Waals surface area contributed by atoms with Crippen LogP contribution in [-0.2, 0) is 0 Å². The van der Waals surface area contributed by atoms with Crippen molar-refractivity contribution >= 4 is 16.7 Å². The first-order valence-electron chi connectivity index (χ1n) is 9.33. The number of para-hydroxylation sites is 1. The van der Waals surface area contributed by atoms with Crippen molar-refractivity contribution in [3.05, 3.63) is 107 Å². The highest BCUT2D eigenvalue weighted by Crippen LogP contribution is 2.38. The van der Waals surface area contributed by atoms with Gasteiger partial charge in [0.15, 0.2) is 0 Å². The first kappa shape index (κ1) is 15.9. The monoisotopic (exact) mass is 351 g/mol. The summed E-state index contributed by atoms with van der Waals surface area (Å²) < 4.78 is 0. The van der Waals surface area contributed by atoms with Crippen LogP contribution in [0.3, 0.4) is 0 Å². The van der Waals surface area contributed by atoms with Gasteiger partial charge in [-0.05, 0) is 24.1 Å². The maximum atomic E-state index is 5.16. The topological polar surface area (TPSA) is 40.2 Å². The number of nitrogens with zero attached hydrogens (tertiary/aromatic N) is 1. The molecule has 3 heteroatoms. The first-order chi connectivity index (χ1) is 13.3. The molecule has 1 aliphatic heterocycles. The van der Waals surface area contributed by atoms with Crippen LogP contribution in [-0.4, -0.2) is 10.8 Å². The minimum absolute atomic E-state index is 0.0525. The minimum Gasteiger partial charge on any atom is -0.360 e. The molecular weight excluding hydrogens is 330 g/mol. The van der Waals surface area contributed by atoms with Gasteiger partial charge in [-0.2, -0.15) is 0 Å². The molecule has 1 aromatic heterocycles. The average molecular weight is 351 g/mol. The molecule has 3 aromatic carbocycles. The summed E-state index contributed by atoms with van der Waals surface area (Å²) in [7, 11) is 0. The smallest absolute Gasteiger partial charge is 0.132 e. The number of fused-ring (bicyclic) bond motifs is 1. The van der Waals surface area contributed by atoms with Crippen molar-refractivity contribution in [3.63, 3.8) is 0 Å². The van der Waals surface area contributed by atoms with Crippen LogP contribution in [0.1, 0.15) is 34.5 Å². The van der Waals surface area contributed by atoms with Gasteiger partial charge in [-0.15, -0.1) is 0 Å². The number of aromatic nitrogens is 1. The van der Waals surface area contributed by atoms with Crippen molar-refractivity contribution in [1.82, 2.24) is 10.3 Å². The van der Waals surface area contributed by atoms with Crippen molar-refractivity contribution in [2.24, 2.45) is 4.99 Å². The molecule has 2 unspecified atom stereocenters. The summed E-state index contributed by atoms with van der Waals surface area (Å²) in [5.74, 6) is 0.965. The Kier molecular flexibility index (Phi) is 3.79. The van der Waals surface area contributed by atoms with E-state index in [0.717, 1.165) is 17.0 Å². The van der Waals surface area contributed by atoms with Crippen molar-refractivity contribution in [2.75, 3.05) is 0 Å². The number of H-pyrrole nitrogens is 1. The number of benzene rings is 3. The van der Waals surface area contributed by atoms with E-state index in [0.29, 0.717) is 0 Å². The zero-order valence-corrected chi connectivity index (χ0v) is 15.2. The number of rotatable bonds is 3. The van der Waals surface area contributed by atoms with Crippen LogP contribution in [0.15, 0.2) is 89.9 Å². The Morgan fingerprint density at radius 2 is 1.37 bits per heavy atom. The average Bonchev–Trinajstić information content (AvgIpc) is 3.29. The van der Waals surface area contributed by atoms with Gasteiger partial charge in [-0.25, -0.2) is 0 Å². The van der Waals surface area contributed by atoms with Crippen molar-refractivity contribution in [3.8, 4) is 0 Å². The van der Waals surface area contributed by atoms with E-state index in [1.807, 2.05) is 0 Å². The van der Waals surface area contributed by atoms with Crippen LogP contribution in [0.5, 0.6) is 0 Å². The number of aryl methyl sites for hydroxylation is 1. The van der Waals surface area contributed by atoms with Gasteiger partial charge >= 0.3 is 0 Å². The number of aromatic amines is 1. The molecule has 5 rings (SSSR count). The van der Waals surface area contributed by atoms with E-state index in [1.165, 1.54) is 22.1 Å². The van der Waals surface area contributed by atoms with E-state index in [9.17, 15) is 0 Å². The highest BCUT2D eigenvalue weighted by Gasteiger charge is 2.33. The highest BCUT2D eigenvalue weighted by atomic mass is 15.1.